The van der Waals surface area contributed by atoms with E-state index >= 15 is 0 Å². The van der Waals surface area contributed by atoms with E-state index in [-0.39, 0.29) is 23.3 Å². The van der Waals surface area contributed by atoms with Gasteiger partial charge in [0.2, 0.25) is 0 Å². The number of H-pyrrole nitrogens is 1. The van der Waals surface area contributed by atoms with Crippen LogP contribution in [0.3, 0.4) is 0 Å². The summed E-state index contributed by atoms with van der Waals surface area (Å²) in [6.07, 6.45) is 6.53. The number of fused-ring (bicyclic) bond motifs is 1. The number of rotatable bonds is 2. The zero-order valence-electron chi connectivity index (χ0n) is 9.00. The first-order valence-electron chi connectivity index (χ1n) is 4.45. The number of benzene rings is 1. The molecule has 0 aliphatic heterocycles. The summed E-state index contributed by atoms with van der Waals surface area (Å²) in [6, 6.07) is 6.15. The molecule has 0 spiro atoms. The van der Waals surface area contributed by atoms with Crippen molar-refractivity contribution in [2.24, 2.45) is 0 Å². The molecule has 0 bridgehead atoms. The number of aromatic amines is 1. The average Bonchev–Trinajstić information content (AvgIpc) is 2.60. The highest BCUT2D eigenvalue weighted by atomic mass is 35.5. The Labute approximate surface area is 98.8 Å². The average molecular weight is 244 g/mol. The molecule has 1 aromatic heterocycles. The standard InChI is InChI=1S/C11H14NOS.ClH/c1-13-9-6-4-5-8-10(14(2)3)7-12-11(8)9;/h4-7,12H,1-3H3;1H/q+1;/p-1. The van der Waals surface area contributed by atoms with E-state index in [0.29, 0.717) is 0 Å². The SMILES string of the molecule is COc1cccc2c([S+](C)C)c[nH]c12.[Cl-]. The Morgan fingerprint density at radius 3 is 2.60 bits per heavy atom. The summed E-state index contributed by atoms with van der Waals surface area (Å²) < 4.78 is 5.29. The van der Waals surface area contributed by atoms with Gasteiger partial charge in [-0.1, -0.05) is 6.07 Å². The molecule has 0 aliphatic rings. The van der Waals surface area contributed by atoms with Crippen molar-refractivity contribution >= 4 is 21.8 Å². The molecule has 82 valence electrons. The number of hydrogen-bond donors (Lipinski definition) is 1. The molecule has 15 heavy (non-hydrogen) atoms. The second-order valence-corrected chi connectivity index (χ2v) is 5.43. The Hall–Kier alpha value is -0.800. The normalized spacial score (nSPS) is 10.4. The Kier molecular flexibility index (Phi) is 3.94. The molecule has 2 rings (SSSR count). The molecule has 2 nitrogen and oxygen atoms in total. The monoisotopic (exact) mass is 243 g/mol. The first-order chi connectivity index (χ1) is 6.74. The summed E-state index contributed by atoms with van der Waals surface area (Å²) in [5.41, 5.74) is 1.10. The summed E-state index contributed by atoms with van der Waals surface area (Å²) in [4.78, 5) is 4.64. The lowest BCUT2D eigenvalue weighted by Crippen LogP contribution is -3.00. The third-order valence-corrected chi connectivity index (χ3v) is 3.52. The number of para-hydroxylation sites is 1. The van der Waals surface area contributed by atoms with Crippen LogP contribution in [0.1, 0.15) is 0 Å². The summed E-state index contributed by atoms with van der Waals surface area (Å²) in [7, 11) is 1.98. The lowest BCUT2D eigenvalue weighted by atomic mass is 10.2. The van der Waals surface area contributed by atoms with Crippen LogP contribution in [0.25, 0.3) is 10.9 Å². The van der Waals surface area contributed by atoms with Crippen LogP contribution in [0.15, 0.2) is 29.3 Å². The number of halogens is 1. The van der Waals surface area contributed by atoms with E-state index in [9.17, 15) is 0 Å². The lowest BCUT2D eigenvalue weighted by molar-refractivity contribution is -0.00000328. The Balaban J connectivity index is 0.00000112. The summed E-state index contributed by atoms with van der Waals surface area (Å²) in [5.74, 6) is 0.916. The van der Waals surface area contributed by atoms with Gasteiger partial charge >= 0.3 is 0 Å². The molecule has 4 heteroatoms. The molecular weight excluding hydrogens is 230 g/mol. The molecule has 1 aromatic carbocycles. The first-order valence-corrected chi connectivity index (χ1v) is 6.50. The van der Waals surface area contributed by atoms with E-state index < -0.39 is 0 Å². The second kappa shape index (κ2) is 4.81. The predicted octanol–water partition coefficient (Wildman–Crippen LogP) is -0.583. The highest BCUT2D eigenvalue weighted by Crippen LogP contribution is 2.29. The molecular formula is C11H14ClNOS. The van der Waals surface area contributed by atoms with Gasteiger partial charge in [0, 0.05) is 10.9 Å². The molecule has 0 saturated carbocycles. The Bertz CT molecular complexity index is 453. The van der Waals surface area contributed by atoms with Gasteiger partial charge in [0.05, 0.1) is 24.2 Å². The zero-order valence-corrected chi connectivity index (χ0v) is 10.6. The molecule has 0 aliphatic carbocycles. The van der Waals surface area contributed by atoms with Crippen molar-refractivity contribution in [1.82, 2.24) is 4.98 Å². The minimum absolute atomic E-state index is 0. The fourth-order valence-corrected chi connectivity index (χ4v) is 2.51. The topological polar surface area (TPSA) is 25.0 Å². The van der Waals surface area contributed by atoms with Crippen LogP contribution in [-0.4, -0.2) is 24.6 Å². The van der Waals surface area contributed by atoms with Crippen LogP contribution in [-0.2, 0) is 10.9 Å². The van der Waals surface area contributed by atoms with Gasteiger partial charge < -0.3 is 22.1 Å². The van der Waals surface area contributed by atoms with Crippen molar-refractivity contribution in [2.75, 3.05) is 19.6 Å². The molecule has 0 unspecified atom stereocenters. The third-order valence-electron chi connectivity index (χ3n) is 2.30. The van der Waals surface area contributed by atoms with Gasteiger partial charge in [-0.25, -0.2) is 0 Å². The van der Waals surface area contributed by atoms with Crippen molar-refractivity contribution in [1.29, 1.82) is 0 Å². The van der Waals surface area contributed by atoms with Gasteiger partial charge in [-0.2, -0.15) is 0 Å². The third kappa shape index (κ3) is 2.08. The fraction of sp³-hybridized carbons (Fsp3) is 0.273. The summed E-state index contributed by atoms with van der Waals surface area (Å²) in [6.45, 7) is 0. The van der Waals surface area contributed by atoms with Gasteiger partial charge in [0.25, 0.3) is 0 Å². The zero-order chi connectivity index (χ0) is 10.1. The lowest BCUT2D eigenvalue weighted by Gasteiger charge is -2.00. The molecule has 0 atom stereocenters. The van der Waals surface area contributed by atoms with E-state index in [2.05, 4.69) is 29.8 Å². The smallest absolute Gasteiger partial charge is 0.179 e. The predicted molar refractivity (Wildman–Crippen MR) is 62.3 cm³/mol. The summed E-state index contributed by atoms with van der Waals surface area (Å²) >= 11 is 0. The van der Waals surface area contributed by atoms with E-state index in [1.807, 2.05) is 12.1 Å². The quantitative estimate of drug-likeness (QED) is 0.702. The minimum atomic E-state index is 0. The second-order valence-electron chi connectivity index (χ2n) is 3.35. The number of aromatic nitrogens is 1. The maximum absolute atomic E-state index is 5.29. The van der Waals surface area contributed by atoms with Crippen LogP contribution in [0.2, 0.25) is 0 Å². The van der Waals surface area contributed by atoms with E-state index in [1.165, 1.54) is 10.3 Å². The van der Waals surface area contributed by atoms with Gasteiger partial charge in [-0.3, -0.25) is 0 Å². The first kappa shape index (κ1) is 12.3. The van der Waals surface area contributed by atoms with Gasteiger partial charge in [-0.15, -0.1) is 0 Å². The maximum Gasteiger partial charge on any atom is 0.179 e. The number of nitrogens with one attached hydrogen (secondary N) is 1. The highest BCUT2D eigenvalue weighted by molar-refractivity contribution is 7.95. The highest BCUT2D eigenvalue weighted by Gasteiger charge is 2.16. The van der Waals surface area contributed by atoms with Crippen molar-refractivity contribution in [3.63, 3.8) is 0 Å². The molecule has 2 aromatic rings. The number of methoxy groups -OCH3 is 1. The number of hydrogen-bond acceptors (Lipinski definition) is 1. The van der Waals surface area contributed by atoms with E-state index in [4.69, 9.17) is 4.74 Å². The Morgan fingerprint density at radius 2 is 2.00 bits per heavy atom. The van der Waals surface area contributed by atoms with Crippen molar-refractivity contribution in [3.8, 4) is 5.75 Å². The van der Waals surface area contributed by atoms with Gasteiger partial charge in [0.15, 0.2) is 4.90 Å². The molecule has 0 fully saturated rings. The van der Waals surface area contributed by atoms with Crippen LogP contribution in [0.5, 0.6) is 5.75 Å². The van der Waals surface area contributed by atoms with Crippen molar-refractivity contribution in [2.45, 2.75) is 4.90 Å². The maximum atomic E-state index is 5.29. The van der Waals surface area contributed by atoms with Crippen molar-refractivity contribution in [3.05, 3.63) is 24.4 Å². The van der Waals surface area contributed by atoms with Crippen molar-refractivity contribution < 1.29 is 17.1 Å². The van der Waals surface area contributed by atoms with Gasteiger partial charge in [-0.05, 0) is 12.1 Å². The van der Waals surface area contributed by atoms with Crippen LogP contribution >= 0.6 is 0 Å². The molecule has 0 radical (unpaired) electrons. The molecule has 1 heterocycles. The minimum Gasteiger partial charge on any atom is -1.00 e. The van der Waals surface area contributed by atoms with E-state index in [0.717, 1.165) is 11.3 Å². The fourth-order valence-electron chi connectivity index (χ4n) is 1.61. The Morgan fingerprint density at radius 1 is 1.27 bits per heavy atom. The largest absolute Gasteiger partial charge is 1.00 e. The summed E-state index contributed by atoms with van der Waals surface area (Å²) in [5, 5.41) is 1.28. The van der Waals surface area contributed by atoms with Crippen LogP contribution < -0.4 is 17.1 Å². The molecule has 1 N–H and O–H groups in total. The number of ether oxygens (including phenoxy) is 1. The van der Waals surface area contributed by atoms with Gasteiger partial charge in [0.1, 0.15) is 18.3 Å². The molecule has 0 amide bonds. The van der Waals surface area contributed by atoms with Crippen LogP contribution in [0, 0.1) is 0 Å². The van der Waals surface area contributed by atoms with Crippen LogP contribution in [0.4, 0.5) is 0 Å². The van der Waals surface area contributed by atoms with E-state index in [1.54, 1.807) is 7.11 Å². The molecule has 0 saturated heterocycles.